The van der Waals surface area contributed by atoms with Gasteiger partial charge in [-0.1, -0.05) is 13.8 Å². The third kappa shape index (κ3) is 3.50. The molecule has 1 aliphatic rings. The first-order chi connectivity index (χ1) is 7.00. The molecular formula is C12H20N2O. The van der Waals surface area contributed by atoms with Crippen LogP contribution < -0.4 is 0 Å². The fourth-order valence-corrected chi connectivity index (χ4v) is 1.53. The van der Waals surface area contributed by atoms with Crippen LogP contribution in [0, 0.1) is 5.92 Å². The maximum atomic E-state index is 11.8. The molecule has 0 aromatic heterocycles. The van der Waals surface area contributed by atoms with Crippen molar-refractivity contribution < 1.29 is 4.79 Å². The Morgan fingerprint density at radius 3 is 2.80 bits per heavy atom. The third-order valence-corrected chi connectivity index (χ3v) is 2.44. The molecule has 1 aliphatic heterocycles. The van der Waals surface area contributed by atoms with Crippen LogP contribution in [-0.4, -0.2) is 23.6 Å². The Labute approximate surface area is 91.9 Å². The van der Waals surface area contributed by atoms with Gasteiger partial charge in [0.15, 0.2) is 0 Å². The van der Waals surface area contributed by atoms with Gasteiger partial charge in [-0.3, -0.25) is 4.79 Å². The quantitative estimate of drug-likeness (QED) is 0.701. The maximum absolute atomic E-state index is 11.8. The first-order valence-corrected chi connectivity index (χ1v) is 5.51. The van der Waals surface area contributed by atoms with E-state index >= 15 is 0 Å². The van der Waals surface area contributed by atoms with Gasteiger partial charge in [0.2, 0.25) is 5.91 Å². The normalized spacial score (nSPS) is 16.1. The molecule has 1 heterocycles. The zero-order chi connectivity index (χ0) is 11.4. The predicted molar refractivity (Wildman–Crippen MR) is 62.7 cm³/mol. The molecule has 0 aromatic rings. The molecule has 0 bridgehead atoms. The number of carbonyl (C=O) groups excluding carboxylic acids is 1. The van der Waals surface area contributed by atoms with Gasteiger partial charge in [0, 0.05) is 19.2 Å². The smallest absolute Gasteiger partial charge is 0.228 e. The van der Waals surface area contributed by atoms with Gasteiger partial charge >= 0.3 is 0 Å². The molecule has 0 spiro atoms. The minimum absolute atomic E-state index is 0.148. The first kappa shape index (κ1) is 12.0. The van der Waals surface area contributed by atoms with Crippen LogP contribution in [0.3, 0.4) is 0 Å². The van der Waals surface area contributed by atoms with E-state index in [-0.39, 0.29) is 5.91 Å². The van der Waals surface area contributed by atoms with E-state index in [2.05, 4.69) is 18.8 Å². The second-order valence-corrected chi connectivity index (χ2v) is 4.50. The Kier molecular flexibility index (Phi) is 4.06. The van der Waals surface area contributed by atoms with Crippen LogP contribution in [0.1, 0.15) is 40.0 Å². The first-order valence-electron chi connectivity index (χ1n) is 5.51. The van der Waals surface area contributed by atoms with Gasteiger partial charge in [0.05, 0.1) is 0 Å². The highest BCUT2D eigenvalue weighted by Crippen LogP contribution is 2.15. The van der Waals surface area contributed by atoms with Gasteiger partial charge in [-0.25, -0.2) is 4.99 Å². The van der Waals surface area contributed by atoms with Crippen molar-refractivity contribution in [1.82, 2.24) is 4.90 Å². The van der Waals surface area contributed by atoms with Crippen LogP contribution in [0.15, 0.2) is 16.9 Å². The molecule has 0 aliphatic carbocycles. The molecule has 1 rings (SSSR count). The summed E-state index contributed by atoms with van der Waals surface area (Å²) in [7, 11) is 1.80. The summed E-state index contributed by atoms with van der Waals surface area (Å²) in [6.07, 6.45) is 4.62. The lowest BCUT2D eigenvalue weighted by Gasteiger charge is -2.21. The average Bonchev–Trinajstić information content (AvgIpc) is 2.15. The van der Waals surface area contributed by atoms with E-state index in [0.29, 0.717) is 12.3 Å². The number of nitrogens with zero attached hydrogens (tertiary/aromatic N) is 2. The summed E-state index contributed by atoms with van der Waals surface area (Å²) in [4.78, 5) is 17.8. The van der Waals surface area contributed by atoms with Crippen LogP contribution in [0.25, 0.3) is 0 Å². The molecule has 0 saturated carbocycles. The van der Waals surface area contributed by atoms with Crippen LogP contribution in [0.4, 0.5) is 0 Å². The summed E-state index contributed by atoms with van der Waals surface area (Å²) in [5.41, 5.74) is 1.11. The molecule has 0 N–H and O–H groups in total. The molecule has 15 heavy (non-hydrogen) atoms. The highest BCUT2D eigenvalue weighted by molar-refractivity contribution is 5.85. The molecular weight excluding hydrogens is 188 g/mol. The van der Waals surface area contributed by atoms with Crippen molar-refractivity contribution in [1.29, 1.82) is 0 Å². The van der Waals surface area contributed by atoms with E-state index < -0.39 is 0 Å². The summed E-state index contributed by atoms with van der Waals surface area (Å²) in [5, 5.41) is 0. The van der Waals surface area contributed by atoms with Gasteiger partial charge in [-0.15, -0.1) is 0 Å². The van der Waals surface area contributed by atoms with Crippen molar-refractivity contribution >= 4 is 11.6 Å². The average molecular weight is 208 g/mol. The third-order valence-electron chi connectivity index (χ3n) is 2.44. The highest BCUT2D eigenvalue weighted by Gasteiger charge is 2.15. The minimum Gasteiger partial charge on any atom is -0.300 e. The lowest BCUT2D eigenvalue weighted by Crippen LogP contribution is -2.27. The Morgan fingerprint density at radius 2 is 2.27 bits per heavy atom. The molecule has 0 unspecified atom stereocenters. The van der Waals surface area contributed by atoms with E-state index in [1.54, 1.807) is 11.9 Å². The number of hydrogen-bond acceptors (Lipinski definition) is 2. The highest BCUT2D eigenvalue weighted by atomic mass is 16.2. The van der Waals surface area contributed by atoms with Crippen molar-refractivity contribution in [2.75, 3.05) is 7.05 Å². The van der Waals surface area contributed by atoms with Crippen molar-refractivity contribution in [2.24, 2.45) is 10.9 Å². The van der Waals surface area contributed by atoms with Gasteiger partial charge in [-0.05, 0) is 31.8 Å². The lowest BCUT2D eigenvalue weighted by atomic mass is 10.1. The molecule has 3 heteroatoms. The van der Waals surface area contributed by atoms with Crippen LogP contribution in [-0.2, 0) is 4.79 Å². The minimum atomic E-state index is 0.148. The van der Waals surface area contributed by atoms with Gasteiger partial charge in [0.25, 0.3) is 0 Å². The largest absolute Gasteiger partial charge is 0.300 e. The monoisotopic (exact) mass is 208 g/mol. The van der Waals surface area contributed by atoms with Crippen molar-refractivity contribution in [3.05, 3.63) is 11.9 Å². The molecule has 0 fully saturated rings. The summed E-state index contributed by atoms with van der Waals surface area (Å²) < 4.78 is 0. The van der Waals surface area contributed by atoms with E-state index in [9.17, 15) is 4.79 Å². The molecule has 0 aromatic carbocycles. The van der Waals surface area contributed by atoms with Crippen molar-refractivity contribution in [3.63, 3.8) is 0 Å². The Hall–Kier alpha value is -1.12. The Morgan fingerprint density at radius 1 is 1.60 bits per heavy atom. The number of aliphatic imine (C=N–C) groups is 1. The zero-order valence-corrected chi connectivity index (χ0v) is 10.1. The fourth-order valence-electron chi connectivity index (χ4n) is 1.53. The van der Waals surface area contributed by atoms with Gasteiger partial charge in [0.1, 0.15) is 5.82 Å². The second-order valence-electron chi connectivity index (χ2n) is 4.50. The standard InChI is InChI=1S/C12H20N2O/c1-9(2)8-12(15)14(4)11-7-5-6-10(3)13-11/h7,9H,5-6,8H2,1-4H3. The molecule has 84 valence electrons. The van der Waals surface area contributed by atoms with E-state index in [4.69, 9.17) is 0 Å². The van der Waals surface area contributed by atoms with E-state index in [1.807, 2.05) is 13.0 Å². The number of rotatable bonds is 3. The van der Waals surface area contributed by atoms with Crippen molar-refractivity contribution in [2.45, 2.75) is 40.0 Å². The molecule has 3 nitrogen and oxygen atoms in total. The van der Waals surface area contributed by atoms with E-state index in [0.717, 1.165) is 24.4 Å². The number of carbonyl (C=O) groups is 1. The van der Waals surface area contributed by atoms with Crippen LogP contribution in [0.5, 0.6) is 0 Å². The molecule has 1 amide bonds. The number of allylic oxidation sites excluding steroid dienone is 1. The van der Waals surface area contributed by atoms with Crippen molar-refractivity contribution in [3.8, 4) is 0 Å². The molecule has 0 atom stereocenters. The topological polar surface area (TPSA) is 32.7 Å². The van der Waals surface area contributed by atoms with Gasteiger partial charge < -0.3 is 4.90 Å². The number of amides is 1. The predicted octanol–water partition coefficient (Wildman–Crippen LogP) is 2.59. The maximum Gasteiger partial charge on any atom is 0.228 e. The lowest BCUT2D eigenvalue weighted by molar-refractivity contribution is -0.128. The Bertz CT molecular complexity index is 303. The SMILES string of the molecule is CC1=NC(N(C)C(=O)CC(C)C)=CCC1. The zero-order valence-electron chi connectivity index (χ0n) is 10.1. The molecule has 0 saturated heterocycles. The molecule has 0 radical (unpaired) electrons. The second kappa shape index (κ2) is 5.10. The summed E-state index contributed by atoms with van der Waals surface area (Å²) in [6, 6.07) is 0. The summed E-state index contributed by atoms with van der Waals surface area (Å²) in [5.74, 6) is 1.35. The Balaban J connectivity index is 2.64. The summed E-state index contributed by atoms with van der Waals surface area (Å²) >= 11 is 0. The van der Waals surface area contributed by atoms with E-state index in [1.165, 1.54) is 0 Å². The fraction of sp³-hybridized carbons (Fsp3) is 0.667. The van der Waals surface area contributed by atoms with Crippen LogP contribution >= 0.6 is 0 Å². The summed E-state index contributed by atoms with van der Waals surface area (Å²) in [6.45, 7) is 6.11. The van der Waals surface area contributed by atoms with Crippen LogP contribution in [0.2, 0.25) is 0 Å². The van der Waals surface area contributed by atoms with Gasteiger partial charge in [-0.2, -0.15) is 0 Å². The number of hydrogen-bond donors (Lipinski definition) is 0.